The fourth-order valence-electron chi connectivity index (χ4n) is 17.7. The summed E-state index contributed by atoms with van der Waals surface area (Å²) in [5.74, 6) is 4.22. The minimum atomic E-state index is -1.98. The van der Waals surface area contributed by atoms with Gasteiger partial charge in [0, 0.05) is 60.8 Å². The van der Waals surface area contributed by atoms with E-state index in [1.165, 1.54) is 0 Å². The number of hydrogen-bond donors (Lipinski definition) is 12. The largest absolute Gasteiger partial charge is 0.396 e. The molecule has 14 nitrogen and oxygen atoms in total. The van der Waals surface area contributed by atoms with Crippen LogP contribution in [-0.4, -0.2) is 130 Å². The molecular formula is C55H81N3O11. The fraction of sp³-hybridized carbons (Fsp3) is 0.800. The lowest BCUT2D eigenvalue weighted by Crippen LogP contribution is -2.75. The van der Waals surface area contributed by atoms with Crippen LogP contribution in [0.2, 0.25) is 0 Å². The van der Waals surface area contributed by atoms with Crippen molar-refractivity contribution in [2.45, 2.75) is 208 Å². The quantitative estimate of drug-likeness (QED) is 0.105. The number of aliphatic hydroxyl groups is 9. The molecule has 20 unspecified atom stereocenters. The first kappa shape index (κ1) is 49.9. The second-order valence-corrected chi connectivity index (χ2v) is 24.2. The number of ether oxygens (including phenoxy) is 1. The van der Waals surface area contributed by atoms with E-state index in [-0.39, 0.29) is 94.2 Å². The Morgan fingerprint density at radius 1 is 0.971 bits per heavy atom. The number of ketones is 1. The zero-order valence-electron chi connectivity index (χ0n) is 41.1. The SMILES string of the molecule is CCCC1CCC2OC3C(C(O)CCCC3(O)C(C)(O)C3CCC4(O)C5=C(NCC(C)O)C(=O)C67CC#CCC34CC3(O)C=CC(C4=C(CCCO)NC(N)C=C4)CC6(CC(O)C(O)C7)C53)C2CC1. The second-order valence-electron chi connectivity index (χ2n) is 24.2. The van der Waals surface area contributed by atoms with Crippen LogP contribution in [0.15, 0.2) is 46.8 Å². The number of aliphatic hydroxyl groups excluding tert-OH is 5. The lowest BCUT2D eigenvalue weighted by molar-refractivity contribution is -0.268. The molecule has 9 aliphatic carbocycles. The molecule has 5 saturated carbocycles. The van der Waals surface area contributed by atoms with Gasteiger partial charge in [0.05, 0.1) is 70.7 Å². The van der Waals surface area contributed by atoms with E-state index in [1.807, 2.05) is 24.3 Å². The summed E-state index contributed by atoms with van der Waals surface area (Å²) in [6.07, 6.45) is 9.92. The molecule has 0 aromatic carbocycles. The number of rotatable bonds is 11. The topological polar surface area (TPSA) is 258 Å². The maximum atomic E-state index is 16.2. The summed E-state index contributed by atoms with van der Waals surface area (Å²) in [5, 5.41) is 119. The lowest BCUT2D eigenvalue weighted by atomic mass is 9.35. The summed E-state index contributed by atoms with van der Waals surface area (Å²) in [5.41, 5.74) is -3.42. The van der Waals surface area contributed by atoms with Crippen LogP contribution in [0.3, 0.4) is 0 Å². The van der Waals surface area contributed by atoms with Gasteiger partial charge in [-0.1, -0.05) is 44.4 Å². The molecule has 382 valence electrons. The smallest absolute Gasteiger partial charge is 0.186 e. The summed E-state index contributed by atoms with van der Waals surface area (Å²) in [7, 11) is 0. The molecule has 11 rings (SSSR count). The van der Waals surface area contributed by atoms with Crippen LogP contribution in [0.5, 0.6) is 0 Å². The summed E-state index contributed by atoms with van der Waals surface area (Å²) in [6.45, 7) is 5.37. The van der Waals surface area contributed by atoms with E-state index in [2.05, 4.69) is 29.4 Å². The van der Waals surface area contributed by atoms with Gasteiger partial charge in [-0.15, -0.1) is 11.8 Å². The van der Waals surface area contributed by atoms with Crippen molar-refractivity contribution in [3.63, 3.8) is 0 Å². The van der Waals surface area contributed by atoms with Crippen molar-refractivity contribution in [1.29, 1.82) is 0 Å². The highest BCUT2D eigenvalue weighted by Crippen LogP contribution is 2.78. The van der Waals surface area contributed by atoms with Crippen LogP contribution in [0, 0.1) is 63.6 Å². The Kier molecular flexibility index (Phi) is 12.9. The van der Waals surface area contributed by atoms with Gasteiger partial charge < -0.3 is 67.1 Å². The normalized spacial score (nSPS) is 49.0. The average molecular weight is 960 g/mol. The minimum absolute atomic E-state index is 0.00494. The lowest BCUT2D eigenvalue weighted by Gasteiger charge is -2.70. The Morgan fingerprint density at radius 2 is 1.72 bits per heavy atom. The van der Waals surface area contributed by atoms with Gasteiger partial charge in [0.25, 0.3) is 0 Å². The maximum absolute atomic E-state index is 16.2. The summed E-state index contributed by atoms with van der Waals surface area (Å²) in [4.78, 5) is 16.2. The molecule has 0 aromatic rings. The fourth-order valence-corrected chi connectivity index (χ4v) is 17.7. The van der Waals surface area contributed by atoms with Gasteiger partial charge in [0.15, 0.2) is 5.78 Å². The molecule has 2 heterocycles. The highest BCUT2D eigenvalue weighted by atomic mass is 16.5. The van der Waals surface area contributed by atoms with Crippen LogP contribution < -0.4 is 16.4 Å². The van der Waals surface area contributed by atoms with Gasteiger partial charge in [-0.3, -0.25) is 4.79 Å². The van der Waals surface area contributed by atoms with E-state index in [9.17, 15) is 46.0 Å². The van der Waals surface area contributed by atoms with Crippen LogP contribution in [0.25, 0.3) is 0 Å². The standard InChI is InChI=1S/C55H81N3O11/c1-4-9-32-12-14-35-40(16-13-32)69-48-43(35)37(61)11-7-22-55(48,68)49(3,65)41-19-24-54(67)44-45(57-29-31(2)60)47(64)50-20-5-6-21-51(41,54)30-53(66)23-18-33(34-15-17-42(56)58-36(34)10-8-25-59)26-52(50,46(44)53)28-39(63)38(62)27-50/h15,17-18,23,31-33,35,37-43,46,48,57-63,65-68H,4,7-14,16,19-22,24-30,56H2,1-3H3. The Balaban J connectivity index is 1.17. The molecule has 2 aliphatic heterocycles. The van der Waals surface area contributed by atoms with Crippen molar-refractivity contribution in [2.24, 2.45) is 57.5 Å². The molecular weight excluding hydrogens is 879 g/mol. The molecule has 11 aliphatic rings. The third-order valence-corrected chi connectivity index (χ3v) is 20.6. The zero-order chi connectivity index (χ0) is 49.1. The molecule has 0 amide bonds. The average Bonchev–Trinajstić information content (AvgIpc) is 3.64. The number of fused-ring (bicyclic) bond motifs is 6. The van der Waals surface area contributed by atoms with Crippen molar-refractivity contribution in [3.05, 3.63) is 46.8 Å². The van der Waals surface area contributed by atoms with Crippen LogP contribution in [0.1, 0.15) is 143 Å². The number of carbonyl (C=O) groups excluding carboxylic acids is 1. The first-order valence-corrected chi connectivity index (χ1v) is 26.8. The Bertz CT molecular complexity index is 2220. The maximum Gasteiger partial charge on any atom is 0.186 e. The molecule has 1 saturated heterocycles. The Labute approximate surface area is 407 Å². The first-order valence-electron chi connectivity index (χ1n) is 26.8. The second kappa shape index (κ2) is 17.8. The zero-order valence-corrected chi connectivity index (χ0v) is 41.1. The molecule has 6 fully saturated rings. The van der Waals surface area contributed by atoms with Gasteiger partial charge in [-0.25, -0.2) is 0 Å². The van der Waals surface area contributed by atoms with Gasteiger partial charge in [-0.05, 0) is 138 Å². The van der Waals surface area contributed by atoms with Crippen LogP contribution >= 0.6 is 0 Å². The third kappa shape index (κ3) is 7.24. The summed E-state index contributed by atoms with van der Waals surface area (Å²) >= 11 is 0. The monoisotopic (exact) mass is 960 g/mol. The van der Waals surface area contributed by atoms with E-state index in [0.717, 1.165) is 49.8 Å². The number of dihydropyridines is 1. The van der Waals surface area contributed by atoms with E-state index in [4.69, 9.17) is 10.5 Å². The Hall–Kier alpha value is -2.65. The molecule has 0 radical (unpaired) electrons. The number of hydrogen-bond acceptors (Lipinski definition) is 14. The molecule has 14 heteroatoms. The van der Waals surface area contributed by atoms with E-state index >= 15 is 4.79 Å². The molecule has 0 aromatic heterocycles. The predicted octanol–water partition coefficient (Wildman–Crippen LogP) is 3.02. The molecule has 6 bridgehead atoms. The van der Waals surface area contributed by atoms with E-state index in [1.54, 1.807) is 13.8 Å². The first-order chi connectivity index (χ1) is 32.8. The number of Topliss-reactive ketones (excluding diaryl/α,β-unsaturated/α-hetero) is 1. The van der Waals surface area contributed by atoms with E-state index < -0.39 is 105 Å². The van der Waals surface area contributed by atoms with Crippen molar-refractivity contribution < 1.29 is 55.5 Å². The minimum Gasteiger partial charge on any atom is -0.396 e. The third-order valence-electron chi connectivity index (χ3n) is 20.6. The Morgan fingerprint density at radius 3 is 2.48 bits per heavy atom. The molecule has 13 N–H and O–H groups in total. The molecule has 3 spiro atoms. The van der Waals surface area contributed by atoms with Crippen molar-refractivity contribution >= 4 is 5.78 Å². The predicted molar refractivity (Wildman–Crippen MR) is 257 cm³/mol. The number of carbonyl (C=O) groups is 1. The van der Waals surface area contributed by atoms with Gasteiger partial charge in [0.1, 0.15) is 5.60 Å². The number of nitrogens with one attached hydrogen (secondary N) is 2. The summed E-state index contributed by atoms with van der Waals surface area (Å²) < 4.78 is 7.04. The molecule has 69 heavy (non-hydrogen) atoms. The highest BCUT2D eigenvalue weighted by molar-refractivity contribution is 6.03. The van der Waals surface area contributed by atoms with Crippen LogP contribution in [0.4, 0.5) is 0 Å². The summed E-state index contributed by atoms with van der Waals surface area (Å²) in [6, 6.07) is 0. The number of nitrogens with two attached hydrogens (primary N) is 1. The number of allylic oxidation sites excluding steroid dienone is 5. The van der Waals surface area contributed by atoms with Gasteiger partial charge >= 0.3 is 0 Å². The van der Waals surface area contributed by atoms with Gasteiger partial charge in [0.2, 0.25) is 0 Å². The van der Waals surface area contributed by atoms with Crippen LogP contribution in [-0.2, 0) is 9.53 Å². The van der Waals surface area contributed by atoms with Crippen molar-refractivity contribution in [2.75, 3.05) is 13.2 Å². The van der Waals surface area contributed by atoms with E-state index in [0.29, 0.717) is 31.6 Å². The van der Waals surface area contributed by atoms with Gasteiger partial charge in [-0.2, -0.15) is 0 Å². The van der Waals surface area contributed by atoms with Crippen molar-refractivity contribution in [1.82, 2.24) is 10.6 Å². The van der Waals surface area contributed by atoms with Crippen molar-refractivity contribution in [3.8, 4) is 11.8 Å². The highest BCUT2D eigenvalue weighted by Gasteiger charge is 2.81. The molecule has 20 atom stereocenters.